The van der Waals surface area contributed by atoms with E-state index in [4.69, 9.17) is 5.26 Å². The van der Waals surface area contributed by atoms with Crippen LogP contribution in [0.3, 0.4) is 0 Å². The van der Waals surface area contributed by atoms with E-state index in [1.165, 1.54) is 30.5 Å². The predicted molar refractivity (Wildman–Crippen MR) is 69.0 cm³/mol. The van der Waals surface area contributed by atoms with Crippen molar-refractivity contribution in [3.63, 3.8) is 0 Å². The zero-order chi connectivity index (χ0) is 15.0. The van der Waals surface area contributed by atoms with Crippen molar-refractivity contribution >= 4 is 11.0 Å². The molecule has 0 bridgehead atoms. The monoisotopic (exact) mass is 288 g/mol. The van der Waals surface area contributed by atoms with Crippen molar-refractivity contribution in [2.45, 2.75) is 6.18 Å². The molecule has 2 aromatic heterocycles. The summed E-state index contributed by atoms with van der Waals surface area (Å²) >= 11 is 0. The zero-order valence-electron chi connectivity index (χ0n) is 10.4. The number of alkyl halides is 3. The standard InChI is InChI=1S/C14H7F3N4/c15-14(16,17)12-4-2-1-3-9(12)11-7-19-13-10(11)5-8(6-18)20-21-13/h1-5,7H,(H,19,21). The van der Waals surface area contributed by atoms with E-state index in [1.54, 1.807) is 0 Å². The molecule has 0 aliphatic rings. The van der Waals surface area contributed by atoms with Crippen LogP contribution in [0.1, 0.15) is 11.3 Å². The second-order valence-corrected chi connectivity index (χ2v) is 4.35. The Bertz CT molecular complexity index is 859. The van der Waals surface area contributed by atoms with E-state index in [-0.39, 0.29) is 11.3 Å². The highest BCUT2D eigenvalue weighted by atomic mass is 19.4. The molecule has 0 fully saturated rings. The van der Waals surface area contributed by atoms with Gasteiger partial charge in [0.25, 0.3) is 0 Å². The van der Waals surface area contributed by atoms with Crippen molar-refractivity contribution in [3.8, 4) is 17.2 Å². The third-order valence-electron chi connectivity index (χ3n) is 3.07. The normalized spacial score (nSPS) is 11.5. The topological polar surface area (TPSA) is 65.4 Å². The van der Waals surface area contributed by atoms with Gasteiger partial charge in [-0.15, -0.1) is 10.2 Å². The quantitative estimate of drug-likeness (QED) is 0.745. The van der Waals surface area contributed by atoms with Gasteiger partial charge >= 0.3 is 6.18 Å². The van der Waals surface area contributed by atoms with Gasteiger partial charge in [0.05, 0.1) is 5.56 Å². The van der Waals surface area contributed by atoms with Gasteiger partial charge in [0.15, 0.2) is 11.3 Å². The smallest absolute Gasteiger partial charge is 0.344 e. The summed E-state index contributed by atoms with van der Waals surface area (Å²) < 4.78 is 39.3. The Morgan fingerprint density at radius 3 is 2.57 bits per heavy atom. The van der Waals surface area contributed by atoms with Crippen LogP contribution in [-0.4, -0.2) is 15.2 Å². The summed E-state index contributed by atoms with van der Waals surface area (Å²) in [5.41, 5.74) is 0.0208. The second kappa shape index (κ2) is 4.59. The summed E-state index contributed by atoms with van der Waals surface area (Å²) in [6.07, 6.45) is -3.02. The minimum atomic E-state index is -4.46. The number of H-pyrrole nitrogens is 1. The molecule has 7 heteroatoms. The van der Waals surface area contributed by atoms with Crippen LogP contribution < -0.4 is 0 Å². The van der Waals surface area contributed by atoms with Crippen molar-refractivity contribution in [2.75, 3.05) is 0 Å². The van der Waals surface area contributed by atoms with E-state index in [0.717, 1.165) is 6.07 Å². The molecule has 0 amide bonds. The largest absolute Gasteiger partial charge is 0.417 e. The Hall–Kier alpha value is -2.88. The third kappa shape index (κ3) is 2.21. The molecule has 1 aromatic carbocycles. The summed E-state index contributed by atoms with van der Waals surface area (Å²) in [7, 11) is 0. The SMILES string of the molecule is N#Cc1cc2c(-c3ccccc3C(F)(F)F)c[nH]c2nn1. The highest BCUT2D eigenvalue weighted by Crippen LogP contribution is 2.39. The van der Waals surface area contributed by atoms with Gasteiger partial charge in [0.1, 0.15) is 6.07 Å². The average molecular weight is 288 g/mol. The Morgan fingerprint density at radius 2 is 1.86 bits per heavy atom. The molecule has 0 aliphatic heterocycles. The van der Waals surface area contributed by atoms with Gasteiger partial charge in [-0.05, 0) is 17.7 Å². The number of benzene rings is 1. The highest BCUT2D eigenvalue weighted by molar-refractivity contribution is 5.94. The molecule has 0 atom stereocenters. The molecule has 21 heavy (non-hydrogen) atoms. The number of aromatic amines is 1. The minimum absolute atomic E-state index is 0.0353. The van der Waals surface area contributed by atoms with Gasteiger partial charge in [0, 0.05) is 17.1 Å². The van der Waals surface area contributed by atoms with Crippen LogP contribution in [0, 0.1) is 11.3 Å². The molecule has 2 heterocycles. The first-order chi connectivity index (χ1) is 10.0. The summed E-state index contributed by atoms with van der Waals surface area (Å²) in [4.78, 5) is 2.77. The number of halogens is 3. The molecule has 3 aromatic rings. The van der Waals surface area contributed by atoms with Crippen molar-refractivity contribution in [3.05, 3.63) is 47.8 Å². The first-order valence-corrected chi connectivity index (χ1v) is 5.92. The van der Waals surface area contributed by atoms with Crippen LogP contribution in [-0.2, 0) is 6.18 Å². The Morgan fingerprint density at radius 1 is 1.10 bits per heavy atom. The molecule has 0 radical (unpaired) electrons. The lowest BCUT2D eigenvalue weighted by Crippen LogP contribution is -2.06. The van der Waals surface area contributed by atoms with E-state index in [9.17, 15) is 13.2 Å². The van der Waals surface area contributed by atoms with Gasteiger partial charge in [0.2, 0.25) is 0 Å². The van der Waals surface area contributed by atoms with Crippen LogP contribution in [0.2, 0.25) is 0 Å². The van der Waals surface area contributed by atoms with Gasteiger partial charge < -0.3 is 4.98 Å². The molecular formula is C14H7F3N4. The maximum absolute atomic E-state index is 13.1. The molecule has 0 unspecified atom stereocenters. The zero-order valence-corrected chi connectivity index (χ0v) is 10.4. The first-order valence-electron chi connectivity index (χ1n) is 5.92. The number of hydrogen-bond donors (Lipinski definition) is 1. The molecule has 3 rings (SSSR count). The number of nitrogens with one attached hydrogen (secondary N) is 1. The first kappa shape index (κ1) is 13.1. The van der Waals surface area contributed by atoms with E-state index in [0.29, 0.717) is 16.6 Å². The Labute approximate surface area is 116 Å². The van der Waals surface area contributed by atoms with E-state index < -0.39 is 11.7 Å². The van der Waals surface area contributed by atoms with Crippen LogP contribution in [0.15, 0.2) is 36.5 Å². The number of hydrogen-bond acceptors (Lipinski definition) is 3. The summed E-state index contributed by atoms with van der Waals surface area (Å²) in [6.45, 7) is 0. The molecular weight excluding hydrogens is 281 g/mol. The summed E-state index contributed by atoms with van der Waals surface area (Å²) in [5.74, 6) is 0. The molecule has 0 saturated heterocycles. The molecule has 4 nitrogen and oxygen atoms in total. The number of aromatic nitrogens is 3. The Kier molecular flexibility index (Phi) is 2.87. The third-order valence-corrected chi connectivity index (χ3v) is 3.07. The van der Waals surface area contributed by atoms with Gasteiger partial charge in [-0.2, -0.15) is 18.4 Å². The van der Waals surface area contributed by atoms with Crippen molar-refractivity contribution < 1.29 is 13.2 Å². The maximum atomic E-state index is 13.1. The predicted octanol–water partition coefficient (Wildman–Crippen LogP) is 3.52. The van der Waals surface area contributed by atoms with Gasteiger partial charge in [-0.3, -0.25) is 0 Å². The number of rotatable bonds is 1. The second-order valence-electron chi connectivity index (χ2n) is 4.35. The number of fused-ring (bicyclic) bond motifs is 1. The van der Waals surface area contributed by atoms with E-state index in [1.807, 2.05) is 6.07 Å². The maximum Gasteiger partial charge on any atom is 0.417 e. The highest BCUT2D eigenvalue weighted by Gasteiger charge is 2.33. The molecule has 1 N–H and O–H groups in total. The fourth-order valence-electron chi connectivity index (χ4n) is 2.16. The summed E-state index contributed by atoms with van der Waals surface area (Å²) in [6, 6.07) is 8.52. The fraction of sp³-hybridized carbons (Fsp3) is 0.0714. The molecule has 0 saturated carbocycles. The van der Waals surface area contributed by atoms with Crippen molar-refractivity contribution in [1.82, 2.24) is 15.2 Å². The van der Waals surface area contributed by atoms with Crippen LogP contribution in [0.5, 0.6) is 0 Å². The van der Waals surface area contributed by atoms with Gasteiger partial charge in [-0.1, -0.05) is 18.2 Å². The fourth-order valence-corrected chi connectivity index (χ4v) is 2.16. The van der Waals surface area contributed by atoms with E-state index in [2.05, 4.69) is 15.2 Å². The van der Waals surface area contributed by atoms with Crippen LogP contribution in [0.4, 0.5) is 13.2 Å². The lowest BCUT2D eigenvalue weighted by atomic mass is 9.99. The van der Waals surface area contributed by atoms with Crippen LogP contribution in [0.25, 0.3) is 22.2 Å². The van der Waals surface area contributed by atoms with Crippen molar-refractivity contribution in [1.29, 1.82) is 5.26 Å². The molecule has 0 aliphatic carbocycles. The molecule has 0 spiro atoms. The van der Waals surface area contributed by atoms with E-state index >= 15 is 0 Å². The summed E-state index contributed by atoms with van der Waals surface area (Å²) in [5, 5.41) is 16.7. The number of nitriles is 1. The average Bonchev–Trinajstić information content (AvgIpc) is 2.89. The minimum Gasteiger partial charge on any atom is -0.344 e. The lowest BCUT2D eigenvalue weighted by molar-refractivity contribution is -0.137. The van der Waals surface area contributed by atoms with Crippen LogP contribution >= 0.6 is 0 Å². The Balaban J connectivity index is 2.29. The van der Waals surface area contributed by atoms with Gasteiger partial charge in [-0.25, -0.2) is 0 Å². The molecule has 104 valence electrons. The number of nitrogens with zero attached hydrogens (tertiary/aromatic N) is 3. The lowest BCUT2D eigenvalue weighted by Gasteiger charge is -2.11. The van der Waals surface area contributed by atoms with Crippen molar-refractivity contribution in [2.24, 2.45) is 0 Å².